The van der Waals surface area contributed by atoms with Crippen molar-refractivity contribution in [3.8, 4) is 0 Å². The van der Waals surface area contributed by atoms with Crippen LogP contribution in [0.2, 0.25) is 6.04 Å². The fraction of sp³-hybridized carbons (Fsp3) is 0.750. The van der Waals surface area contributed by atoms with Gasteiger partial charge in [-0.1, -0.05) is 24.6 Å². The molecule has 0 amide bonds. The van der Waals surface area contributed by atoms with Gasteiger partial charge in [0.15, 0.2) is 0 Å². The summed E-state index contributed by atoms with van der Waals surface area (Å²) in [5.74, 6) is 0.955. The molecular weight excluding hydrogens is 124 g/mol. The summed E-state index contributed by atoms with van der Waals surface area (Å²) >= 11 is 0. The second kappa shape index (κ2) is 3.88. The minimum atomic E-state index is 0.955. The summed E-state index contributed by atoms with van der Waals surface area (Å²) in [5, 5.41) is 0. The van der Waals surface area contributed by atoms with Gasteiger partial charge >= 0.3 is 0 Å². The summed E-state index contributed by atoms with van der Waals surface area (Å²) in [6.45, 7) is 0. The first-order valence-electron chi connectivity index (χ1n) is 4.10. The Morgan fingerprint density at radius 1 is 1.56 bits per heavy atom. The molecule has 0 bridgehead atoms. The number of hydrogen-bond acceptors (Lipinski definition) is 0. The summed E-state index contributed by atoms with van der Waals surface area (Å²) in [6.07, 6.45) is 10.5. The van der Waals surface area contributed by atoms with Gasteiger partial charge in [-0.3, -0.25) is 0 Å². The maximum absolute atomic E-state index is 2.42. The van der Waals surface area contributed by atoms with E-state index in [4.69, 9.17) is 0 Å². The first-order chi connectivity index (χ1) is 4.43. The van der Waals surface area contributed by atoms with E-state index in [2.05, 4.69) is 12.2 Å². The molecule has 0 aromatic heterocycles. The van der Waals surface area contributed by atoms with E-state index in [1.165, 1.54) is 42.0 Å². The minimum Gasteiger partial charge on any atom is -0.0883 e. The van der Waals surface area contributed by atoms with Gasteiger partial charge in [0, 0.05) is 10.2 Å². The van der Waals surface area contributed by atoms with Crippen molar-refractivity contribution < 1.29 is 0 Å². The van der Waals surface area contributed by atoms with E-state index in [1.54, 1.807) is 0 Å². The SMILES string of the molecule is [SiH3]CCC1C=CCCC1. The van der Waals surface area contributed by atoms with E-state index in [0.717, 1.165) is 5.92 Å². The highest BCUT2D eigenvalue weighted by atomic mass is 28.1. The molecule has 0 spiro atoms. The van der Waals surface area contributed by atoms with E-state index >= 15 is 0 Å². The van der Waals surface area contributed by atoms with Gasteiger partial charge in [0.05, 0.1) is 0 Å². The Hall–Kier alpha value is -0.0431. The largest absolute Gasteiger partial charge is 0.0883 e. The second-order valence-corrected chi connectivity index (χ2v) is 3.91. The van der Waals surface area contributed by atoms with Crippen LogP contribution in [-0.4, -0.2) is 10.2 Å². The van der Waals surface area contributed by atoms with Crippen molar-refractivity contribution in [2.75, 3.05) is 0 Å². The molecule has 52 valence electrons. The lowest BCUT2D eigenvalue weighted by atomic mass is 9.94. The fourth-order valence-electron chi connectivity index (χ4n) is 1.49. The Bertz CT molecular complexity index is 96.7. The molecule has 0 aromatic rings. The van der Waals surface area contributed by atoms with Gasteiger partial charge in [0.25, 0.3) is 0 Å². The van der Waals surface area contributed by atoms with Gasteiger partial charge in [-0.15, -0.1) is 0 Å². The van der Waals surface area contributed by atoms with Crippen LogP contribution in [0.25, 0.3) is 0 Å². The predicted octanol–water partition coefficient (Wildman–Crippen LogP) is 1.52. The van der Waals surface area contributed by atoms with Gasteiger partial charge in [0.2, 0.25) is 0 Å². The monoisotopic (exact) mass is 140 g/mol. The third-order valence-corrected chi connectivity index (χ3v) is 2.59. The van der Waals surface area contributed by atoms with Gasteiger partial charge in [-0.05, 0) is 25.2 Å². The molecule has 0 saturated heterocycles. The van der Waals surface area contributed by atoms with Crippen LogP contribution < -0.4 is 0 Å². The Morgan fingerprint density at radius 3 is 3.00 bits per heavy atom. The Kier molecular flexibility index (Phi) is 3.05. The maximum Gasteiger partial charge on any atom is 0.00282 e. The van der Waals surface area contributed by atoms with Crippen LogP contribution >= 0.6 is 0 Å². The molecule has 0 aliphatic heterocycles. The zero-order valence-electron chi connectivity index (χ0n) is 6.27. The molecule has 0 nitrogen and oxygen atoms in total. The van der Waals surface area contributed by atoms with Gasteiger partial charge in [0.1, 0.15) is 0 Å². The van der Waals surface area contributed by atoms with Crippen LogP contribution in [0.1, 0.15) is 25.7 Å². The van der Waals surface area contributed by atoms with E-state index in [9.17, 15) is 0 Å². The van der Waals surface area contributed by atoms with Gasteiger partial charge < -0.3 is 0 Å². The first-order valence-corrected chi connectivity index (χ1v) is 5.51. The molecule has 0 heterocycles. The van der Waals surface area contributed by atoms with E-state index in [-0.39, 0.29) is 0 Å². The van der Waals surface area contributed by atoms with Crippen LogP contribution in [-0.2, 0) is 0 Å². The summed E-state index contributed by atoms with van der Waals surface area (Å²) in [4.78, 5) is 0. The normalized spacial score (nSPS) is 26.9. The third kappa shape index (κ3) is 2.35. The van der Waals surface area contributed by atoms with Crippen molar-refractivity contribution in [3.63, 3.8) is 0 Å². The topological polar surface area (TPSA) is 0 Å². The van der Waals surface area contributed by atoms with E-state index < -0.39 is 0 Å². The van der Waals surface area contributed by atoms with Crippen LogP contribution in [0.3, 0.4) is 0 Å². The average molecular weight is 140 g/mol. The molecular formula is C8H16Si. The maximum atomic E-state index is 2.42. The molecule has 0 aromatic carbocycles. The van der Waals surface area contributed by atoms with Crippen molar-refractivity contribution in [1.82, 2.24) is 0 Å². The highest BCUT2D eigenvalue weighted by Gasteiger charge is 2.05. The van der Waals surface area contributed by atoms with Crippen LogP contribution in [0, 0.1) is 5.92 Å². The molecule has 1 rings (SSSR count). The summed E-state index contributed by atoms with van der Waals surface area (Å²) in [6, 6.07) is 1.48. The lowest BCUT2D eigenvalue weighted by Crippen LogP contribution is -1.99. The Morgan fingerprint density at radius 2 is 2.44 bits per heavy atom. The quantitative estimate of drug-likeness (QED) is 0.403. The molecule has 1 unspecified atom stereocenters. The van der Waals surface area contributed by atoms with Crippen LogP contribution in [0.4, 0.5) is 0 Å². The zero-order chi connectivity index (χ0) is 6.53. The predicted molar refractivity (Wildman–Crippen MR) is 45.8 cm³/mol. The number of hydrogen-bond donors (Lipinski definition) is 0. The average Bonchev–Trinajstić information content (AvgIpc) is 1.91. The molecule has 1 aliphatic carbocycles. The molecule has 0 fully saturated rings. The van der Waals surface area contributed by atoms with Gasteiger partial charge in [-0.2, -0.15) is 0 Å². The number of allylic oxidation sites excluding steroid dienone is 2. The second-order valence-electron chi connectivity index (χ2n) is 2.91. The summed E-state index contributed by atoms with van der Waals surface area (Å²) in [7, 11) is 1.39. The molecule has 9 heavy (non-hydrogen) atoms. The Balaban J connectivity index is 2.23. The van der Waals surface area contributed by atoms with Gasteiger partial charge in [-0.25, -0.2) is 0 Å². The molecule has 1 heteroatoms. The third-order valence-electron chi connectivity index (χ3n) is 2.01. The molecule has 1 aliphatic rings. The van der Waals surface area contributed by atoms with Crippen LogP contribution in [0.15, 0.2) is 12.2 Å². The van der Waals surface area contributed by atoms with E-state index in [1.807, 2.05) is 0 Å². The van der Waals surface area contributed by atoms with Crippen molar-refractivity contribution in [3.05, 3.63) is 12.2 Å². The van der Waals surface area contributed by atoms with Crippen molar-refractivity contribution in [2.45, 2.75) is 31.7 Å². The Labute approximate surface area is 60.8 Å². The lowest BCUT2D eigenvalue weighted by molar-refractivity contribution is 0.527. The molecule has 0 saturated carbocycles. The van der Waals surface area contributed by atoms with Crippen molar-refractivity contribution >= 4 is 10.2 Å². The zero-order valence-corrected chi connectivity index (χ0v) is 8.27. The van der Waals surface area contributed by atoms with Crippen molar-refractivity contribution in [1.29, 1.82) is 0 Å². The molecule has 1 atom stereocenters. The lowest BCUT2D eigenvalue weighted by Gasteiger charge is -2.14. The van der Waals surface area contributed by atoms with Crippen molar-refractivity contribution in [2.24, 2.45) is 5.92 Å². The summed E-state index contributed by atoms with van der Waals surface area (Å²) in [5.41, 5.74) is 0. The minimum absolute atomic E-state index is 0.955. The number of rotatable bonds is 2. The fourth-order valence-corrected chi connectivity index (χ4v) is 2.24. The molecule has 0 radical (unpaired) electrons. The summed E-state index contributed by atoms with van der Waals surface area (Å²) < 4.78 is 0. The standard InChI is InChI=1S/C8H16Si/c9-7-6-8-4-2-1-3-5-8/h2,4,8H,1,3,5-7H2,9H3. The highest BCUT2D eigenvalue weighted by molar-refractivity contribution is 6.08. The first kappa shape index (κ1) is 7.07. The highest BCUT2D eigenvalue weighted by Crippen LogP contribution is 2.20. The van der Waals surface area contributed by atoms with E-state index in [0.29, 0.717) is 0 Å². The van der Waals surface area contributed by atoms with Crippen LogP contribution in [0.5, 0.6) is 0 Å². The smallest absolute Gasteiger partial charge is 0.00282 e. The molecule has 0 N–H and O–H groups in total.